The molecule has 0 unspecified atom stereocenters. The molecule has 1 aliphatic heterocycles. The number of ether oxygens (including phenoxy) is 3. The number of carbonyl (C=O) groups excluding carboxylic acids is 1. The van der Waals surface area contributed by atoms with Crippen LogP contribution in [-0.2, 0) is 16.1 Å². The highest BCUT2D eigenvalue weighted by molar-refractivity contribution is 5.85. The Labute approximate surface area is 210 Å². The predicted molar refractivity (Wildman–Crippen MR) is 135 cm³/mol. The van der Waals surface area contributed by atoms with Gasteiger partial charge in [-0.3, -0.25) is 9.78 Å². The lowest BCUT2D eigenvalue weighted by atomic mass is 9.88. The number of aliphatic hydroxyl groups excluding tert-OH is 1. The van der Waals surface area contributed by atoms with Crippen LogP contribution in [-0.4, -0.2) is 35.4 Å². The number of nitrogens with zero attached hydrogens (tertiary/aromatic N) is 1. The summed E-state index contributed by atoms with van der Waals surface area (Å²) in [4.78, 5) is 16.0. The number of halogens is 1. The summed E-state index contributed by atoms with van der Waals surface area (Å²) in [6, 6.07) is 11.9. The molecule has 2 heterocycles. The lowest BCUT2D eigenvalue weighted by Gasteiger charge is -2.25. The van der Waals surface area contributed by atoms with Crippen LogP contribution in [0.5, 0.6) is 11.5 Å². The third-order valence-corrected chi connectivity index (χ3v) is 6.07. The first-order valence-electron chi connectivity index (χ1n) is 11.9. The molecule has 2 atom stereocenters. The summed E-state index contributed by atoms with van der Waals surface area (Å²) in [5.41, 5.74) is 4.20. The molecule has 1 N–H and O–H groups in total. The first-order chi connectivity index (χ1) is 17.4. The van der Waals surface area contributed by atoms with E-state index in [1.54, 1.807) is 37.7 Å². The van der Waals surface area contributed by atoms with Crippen molar-refractivity contribution in [1.29, 1.82) is 0 Å². The molecule has 36 heavy (non-hydrogen) atoms. The van der Waals surface area contributed by atoms with Crippen LogP contribution in [0.1, 0.15) is 49.3 Å². The van der Waals surface area contributed by atoms with Gasteiger partial charge in [-0.05, 0) is 52.9 Å². The van der Waals surface area contributed by atoms with Crippen molar-refractivity contribution in [2.45, 2.75) is 51.4 Å². The Morgan fingerprint density at radius 2 is 2.03 bits per heavy atom. The molecule has 0 aliphatic carbocycles. The van der Waals surface area contributed by atoms with Gasteiger partial charge in [0, 0.05) is 29.9 Å². The molecule has 0 saturated carbocycles. The molecule has 2 aromatic carbocycles. The number of carbonyl (C=O) groups is 1. The molecule has 6 nitrogen and oxygen atoms in total. The van der Waals surface area contributed by atoms with Gasteiger partial charge in [0.25, 0.3) is 0 Å². The van der Waals surface area contributed by atoms with Crippen molar-refractivity contribution in [3.8, 4) is 22.6 Å². The van der Waals surface area contributed by atoms with E-state index in [9.17, 15) is 14.3 Å². The first kappa shape index (κ1) is 25.4. The van der Waals surface area contributed by atoms with E-state index in [1.165, 1.54) is 12.1 Å². The maximum absolute atomic E-state index is 13.8. The van der Waals surface area contributed by atoms with Crippen LogP contribution in [0.25, 0.3) is 17.2 Å². The van der Waals surface area contributed by atoms with Crippen LogP contribution < -0.4 is 9.47 Å². The second-order valence-electron chi connectivity index (χ2n) is 9.08. The minimum Gasteiger partial charge on any atom is -0.493 e. The van der Waals surface area contributed by atoms with Gasteiger partial charge in [0.15, 0.2) is 11.5 Å². The summed E-state index contributed by atoms with van der Waals surface area (Å²) in [5.74, 6) is 0.408. The average Bonchev–Trinajstić information content (AvgIpc) is 2.86. The molecule has 1 aliphatic rings. The van der Waals surface area contributed by atoms with Gasteiger partial charge >= 0.3 is 5.97 Å². The molecular formula is C29H30FNO5. The Morgan fingerprint density at radius 3 is 2.67 bits per heavy atom. The second kappa shape index (κ2) is 11.4. The van der Waals surface area contributed by atoms with E-state index in [0.717, 1.165) is 27.8 Å². The number of rotatable bonds is 8. The summed E-state index contributed by atoms with van der Waals surface area (Å²) in [6.45, 7) is 4.40. The molecule has 0 radical (unpaired) electrons. The Morgan fingerprint density at radius 1 is 1.25 bits per heavy atom. The molecule has 7 heteroatoms. The second-order valence-corrected chi connectivity index (χ2v) is 9.08. The Balaban J connectivity index is 1.86. The Bertz CT molecular complexity index is 1220. The average molecular weight is 492 g/mol. The van der Waals surface area contributed by atoms with Crippen molar-refractivity contribution in [3.05, 3.63) is 83.4 Å². The molecule has 188 valence electrons. The fourth-order valence-electron chi connectivity index (χ4n) is 4.30. The van der Waals surface area contributed by atoms with Gasteiger partial charge in [-0.1, -0.05) is 38.1 Å². The van der Waals surface area contributed by atoms with Crippen LogP contribution in [0.2, 0.25) is 0 Å². The summed E-state index contributed by atoms with van der Waals surface area (Å²) >= 11 is 0. The van der Waals surface area contributed by atoms with E-state index in [4.69, 9.17) is 14.2 Å². The van der Waals surface area contributed by atoms with E-state index in [-0.39, 0.29) is 24.8 Å². The van der Waals surface area contributed by atoms with Crippen molar-refractivity contribution in [3.63, 3.8) is 0 Å². The summed E-state index contributed by atoms with van der Waals surface area (Å²) in [5, 5.41) is 10.0. The minimum atomic E-state index is -0.740. The third-order valence-electron chi connectivity index (χ3n) is 6.07. The largest absolute Gasteiger partial charge is 0.493 e. The van der Waals surface area contributed by atoms with Crippen molar-refractivity contribution in [2.75, 3.05) is 7.11 Å². The number of aliphatic hydroxyl groups is 1. The third kappa shape index (κ3) is 5.91. The predicted octanol–water partition coefficient (Wildman–Crippen LogP) is 5.68. The standard InChI is InChI=1S/C29H30FNO5/c1-18(2)25-15-26(34-3)29(35-17-19-5-4-12-31-16-19)28(20-6-8-21(30)9-7-20)24(25)11-10-23-13-22(32)14-27(33)36-23/h4-12,15-16,18,22-23,32H,13-14,17H2,1-3H3/t22-,23-/m1/s1. The molecule has 1 fully saturated rings. The number of pyridine rings is 1. The zero-order valence-corrected chi connectivity index (χ0v) is 20.6. The van der Waals surface area contributed by atoms with Gasteiger partial charge in [0.2, 0.25) is 0 Å². The fraction of sp³-hybridized carbons (Fsp3) is 0.310. The van der Waals surface area contributed by atoms with Crippen LogP contribution in [0.15, 0.2) is 60.9 Å². The molecule has 0 spiro atoms. The highest BCUT2D eigenvalue weighted by atomic mass is 19.1. The zero-order valence-electron chi connectivity index (χ0n) is 20.6. The number of cyclic esters (lactones) is 1. The van der Waals surface area contributed by atoms with Crippen LogP contribution in [0.3, 0.4) is 0 Å². The quantitative estimate of drug-likeness (QED) is 0.409. The highest BCUT2D eigenvalue weighted by Crippen LogP contribution is 2.45. The van der Waals surface area contributed by atoms with E-state index in [2.05, 4.69) is 18.8 Å². The van der Waals surface area contributed by atoms with Gasteiger partial charge in [-0.2, -0.15) is 0 Å². The number of aromatic nitrogens is 1. The van der Waals surface area contributed by atoms with E-state index in [1.807, 2.05) is 24.3 Å². The molecular weight excluding hydrogens is 461 g/mol. The smallest absolute Gasteiger partial charge is 0.309 e. The summed E-state index contributed by atoms with van der Waals surface area (Å²) < 4.78 is 31.3. The van der Waals surface area contributed by atoms with Crippen LogP contribution in [0.4, 0.5) is 4.39 Å². The maximum Gasteiger partial charge on any atom is 0.309 e. The summed E-state index contributed by atoms with van der Waals surface area (Å²) in [7, 11) is 1.59. The minimum absolute atomic E-state index is 0.00270. The van der Waals surface area contributed by atoms with Gasteiger partial charge in [-0.15, -0.1) is 0 Å². The highest BCUT2D eigenvalue weighted by Gasteiger charge is 2.26. The van der Waals surface area contributed by atoms with Crippen LogP contribution >= 0.6 is 0 Å². The van der Waals surface area contributed by atoms with Crippen molar-refractivity contribution < 1.29 is 28.5 Å². The number of hydrogen-bond donors (Lipinski definition) is 1. The van der Waals surface area contributed by atoms with Crippen molar-refractivity contribution in [2.24, 2.45) is 0 Å². The first-order valence-corrected chi connectivity index (χ1v) is 11.9. The maximum atomic E-state index is 13.8. The van der Waals surface area contributed by atoms with E-state index in [0.29, 0.717) is 17.9 Å². The Hall–Kier alpha value is -3.71. The zero-order chi connectivity index (χ0) is 25.7. The molecule has 1 saturated heterocycles. The lowest BCUT2D eigenvalue weighted by Crippen LogP contribution is -2.31. The number of benzene rings is 2. The number of esters is 1. The van der Waals surface area contributed by atoms with Gasteiger partial charge < -0.3 is 19.3 Å². The molecule has 0 amide bonds. The molecule has 3 aromatic rings. The van der Waals surface area contributed by atoms with Crippen LogP contribution in [0, 0.1) is 5.82 Å². The molecule has 0 bridgehead atoms. The van der Waals surface area contributed by atoms with Gasteiger partial charge in [0.05, 0.1) is 19.6 Å². The molecule has 1 aromatic heterocycles. The van der Waals surface area contributed by atoms with E-state index >= 15 is 0 Å². The number of hydrogen-bond acceptors (Lipinski definition) is 6. The Kier molecular flexibility index (Phi) is 8.00. The molecule has 4 rings (SSSR count). The van der Waals surface area contributed by atoms with Crippen molar-refractivity contribution >= 4 is 12.0 Å². The topological polar surface area (TPSA) is 77.9 Å². The fourth-order valence-corrected chi connectivity index (χ4v) is 4.30. The van der Waals surface area contributed by atoms with Gasteiger partial charge in [-0.25, -0.2) is 4.39 Å². The monoisotopic (exact) mass is 491 g/mol. The van der Waals surface area contributed by atoms with E-state index < -0.39 is 18.2 Å². The van der Waals surface area contributed by atoms with Crippen molar-refractivity contribution in [1.82, 2.24) is 4.98 Å². The summed E-state index contributed by atoms with van der Waals surface area (Å²) in [6.07, 6.45) is 6.13. The lowest BCUT2D eigenvalue weighted by molar-refractivity contribution is -0.156. The SMILES string of the molecule is COc1cc(C(C)C)c(C=C[C@@H]2C[C@@H](O)CC(=O)O2)c(-c2ccc(F)cc2)c1OCc1cccnc1. The van der Waals surface area contributed by atoms with Gasteiger partial charge in [0.1, 0.15) is 18.5 Å². The normalized spacial score (nSPS) is 17.9. The number of methoxy groups -OCH3 is 1.